The molecule has 1 fully saturated rings. The first-order valence-electron chi connectivity index (χ1n) is 11.7. The maximum Gasteiger partial charge on any atom is 0.278 e. The van der Waals surface area contributed by atoms with E-state index in [9.17, 15) is 14.7 Å². The maximum absolute atomic E-state index is 15.1. The molecule has 178 valence electrons. The smallest absolute Gasteiger partial charge is 0.278 e. The predicted octanol–water partition coefficient (Wildman–Crippen LogP) is 3.71. The maximum atomic E-state index is 15.1. The quantitative estimate of drug-likeness (QED) is 0.546. The number of aromatic hydroxyl groups is 1. The Kier molecular flexibility index (Phi) is 4.91. The Morgan fingerprint density at radius 3 is 2.57 bits per heavy atom. The lowest BCUT2D eigenvalue weighted by atomic mass is 9.74. The average molecular weight is 474 g/mol. The summed E-state index contributed by atoms with van der Waals surface area (Å²) in [5.74, 6) is -1.36. The molecule has 1 saturated carbocycles. The summed E-state index contributed by atoms with van der Waals surface area (Å²) in [7, 11) is 0. The monoisotopic (exact) mass is 473 g/mol. The molecule has 1 aliphatic carbocycles. The van der Waals surface area contributed by atoms with Crippen LogP contribution in [0.2, 0.25) is 0 Å². The van der Waals surface area contributed by atoms with Crippen molar-refractivity contribution < 1.29 is 19.0 Å². The molecular formula is C27H24FN3O4. The number of hydrogen-bond donors (Lipinski definition) is 1. The molecule has 3 aliphatic rings. The van der Waals surface area contributed by atoms with Crippen LogP contribution in [0.4, 0.5) is 4.39 Å². The summed E-state index contributed by atoms with van der Waals surface area (Å²) in [6, 6.07) is 15.0. The Hall–Kier alpha value is -4.07. The highest BCUT2D eigenvalue weighted by Crippen LogP contribution is 2.44. The van der Waals surface area contributed by atoms with Gasteiger partial charge in [-0.1, -0.05) is 48.5 Å². The minimum atomic E-state index is -0.625. The van der Waals surface area contributed by atoms with E-state index in [1.54, 1.807) is 17.0 Å². The fourth-order valence-electron chi connectivity index (χ4n) is 5.39. The van der Waals surface area contributed by atoms with Crippen molar-refractivity contribution in [1.29, 1.82) is 0 Å². The number of carbonyl (C=O) groups is 1. The largest absolute Gasteiger partial charge is 0.502 e. The third kappa shape index (κ3) is 3.24. The predicted molar refractivity (Wildman–Crippen MR) is 128 cm³/mol. The van der Waals surface area contributed by atoms with E-state index in [1.807, 2.05) is 47.5 Å². The molecule has 3 heterocycles. The van der Waals surface area contributed by atoms with Crippen LogP contribution >= 0.6 is 0 Å². The van der Waals surface area contributed by atoms with Crippen molar-refractivity contribution in [3.8, 4) is 11.5 Å². The molecule has 0 radical (unpaired) electrons. The molecular weight excluding hydrogens is 449 g/mol. The Balaban J connectivity index is 1.66. The Morgan fingerprint density at radius 1 is 1.03 bits per heavy atom. The summed E-state index contributed by atoms with van der Waals surface area (Å²) in [5.41, 5.74) is 0.129. The lowest BCUT2D eigenvalue weighted by Gasteiger charge is -2.53. The number of pyridine rings is 1. The lowest BCUT2D eigenvalue weighted by Crippen LogP contribution is -2.64. The molecule has 3 aromatic rings. The number of benzene rings is 2. The molecule has 1 amide bonds. The van der Waals surface area contributed by atoms with Gasteiger partial charge in [0.05, 0.1) is 5.54 Å². The van der Waals surface area contributed by atoms with E-state index in [0.29, 0.717) is 5.56 Å². The van der Waals surface area contributed by atoms with E-state index in [2.05, 4.69) is 0 Å². The summed E-state index contributed by atoms with van der Waals surface area (Å²) in [4.78, 5) is 27.9. The van der Waals surface area contributed by atoms with Crippen LogP contribution in [0, 0.1) is 5.82 Å². The molecule has 2 aromatic carbocycles. The van der Waals surface area contributed by atoms with Gasteiger partial charge in [-0.25, -0.2) is 4.39 Å². The van der Waals surface area contributed by atoms with Crippen molar-refractivity contribution in [2.24, 2.45) is 0 Å². The fraction of sp³-hybridized carbons (Fsp3) is 0.259. The molecule has 2 aliphatic heterocycles. The van der Waals surface area contributed by atoms with E-state index >= 15 is 4.39 Å². The summed E-state index contributed by atoms with van der Waals surface area (Å²) in [6.45, 7) is 0.323. The number of nitrogens with zero attached hydrogens (tertiary/aromatic N) is 3. The fourth-order valence-corrected chi connectivity index (χ4v) is 5.39. The van der Waals surface area contributed by atoms with Gasteiger partial charge in [-0.15, -0.1) is 0 Å². The van der Waals surface area contributed by atoms with Crippen LogP contribution < -0.4 is 15.2 Å². The molecule has 2 bridgehead atoms. The Bertz CT molecular complexity index is 1400. The van der Waals surface area contributed by atoms with Crippen LogP contribution in [0.25, 0.3) is 0 Å². The van der Waals surface area contributed by atoms with Gasteiger partial charge in [-0.05, 0) is 37.0 Å². The highest BCUT2D eigenvalue weighted by Gasteiger charge is 2.48. The number of aromatic nitrogens is 1. The molecule has 0 unspecified atom stereocenters. The van der Waals surface area contributed by atoms with Gasteiger partial charge in [0.1, 0.15) is 19.3 Å². The first-order chi connectivity index (χ1) is 17.0. The topological polar surface area (TPSA) is 75.0 Å². The Labute approximate surface area is 201 Å². The van der Waals surface area contributed by atoms with Crippen molar-refractivity contribution in [2.45, 2.75) is 30.8 Å². The van der Waals surface area contributed by atoms with Crippen molar-refractivity contribution >= 4 is 5.91 Å². The third-order valence-electron chi connectivity index (χ3n) is 7.28. The van der Waals surface area contributed by atoms with Crippen LogP contribution in [0.5, 0.6) is 11.5 Å². The molecule has 7 nitrogen and oxygen atoms in total. The van der Waals surface area contributed by atoms with Crippen LogP contribution in [-0.4, -0.2) is 39.4 Å². The second-order valence-corrected chi connectivity index (χ2v) is 9.18. The van der Waals surface area contributed by atoms with Gasteiger partial charge in [-0.3, -0.25) is 19.3 Å². The minimum Gasteiger partial charge on any atom is -0.502 e. The minimum absolute atomic E-state index is 0.0949. The van der Waals surface area contributed by atoms with Crippen LogP contribution in [0.1, 0.15) is 46.9 Å². The van der Waals surface area contributed by atoms with Crippen molar-refractivity contribution in [1.82, 2.24) is 9.58 Å². The summed E-state index contributed by atoms with van der Waals surface area (Å²) < 4.78 is 22.6. The number of fused-ring (bicyclic) bond motifs is 6. The highest BCUT2D eigenvalue weighted by atomic mass is 19.1. The van der Waals surface area contributed by atoms with Crippen LogP contribution in [0.15, 0.2) is 77.7 Å². The zero-order valence-corrected chi connectivity index (χ0v) is 18.9. The van der Waals surface area contributed by atoms with Crippen molar-refractivity contribution in [3.63, 3.8) is 0 Å². The normalized spacial score (nSPS) is 21.3. The first kappa shape index (κ1) is 21.5. The van der Waals surface area contributed by atoms with Gasteiger partial charge in [0.25, 0.3) is 5.91 Å². The molecule has 1 atom stereocenters. The number of halogens is 1. The highest BCUT2D eigenvalue weighted by molar-refractivity contribution is 5.97. The molecule has 8 heteroatoms. The van der Waals surface area contributed by atoms with Crippen LogP contribution in [0.3, 0.4) is 0 Å². The van der Waals surface area contributed by atoms with E-state index in [-0.39, 0.29) is 24.7 Å². The Morgan fingerprint density at radius 2 is 1.83 bits per heavy atom. The van der Waals surface area contributed by atoms with Gasteiger partial charge < -0.3 is 14.7 Å². The van der Waals surface area contributed by atoms with E-state index in [1.165, 1.54) is 23.0 Å². The second kappa shape index (κ2) is 8.01. The zero-order valence-electron chi connectivity index (χ0n) is 18.9. The molecule has 1 spiro atoms. The molecule has 0 saturated heterocycles. The molecule has 35 heavy (non-hydrogen) atoms. The molecule has 1 N–H and O–H groups in total. The standard InChI is InChI=1S/C27H24FN3O4/c28-20-10-4-9-19-22(18-7-2-1-3-8-18)31-17-29(26(34)23-24(33)21(32)11-15-30(23)31)27(12-5-13-27)14-6-16-35-25(19)20/h1-4,6-11,14-15,22,33H,5,12-13,16-17H2/b14-6+/t22-/m0/s1. The number of rotatable bonds is 1. The number of carbonyl (C=O) groups excluding carboxylic acids is 1. The van der Waals surface area contributed by atoms with E-state index in [0.717, 1.165) is 24.8 Å². The summed E-state index contributed by atoms with van der Waals surface area (Å²) >= 11 is 0. The first-order valence-corrected chi connectivity index (χ1v) is 11.7. The van der Waals surface area contributed by atoms with Gasteiger partial charge in [0, 0.05) is 17.8 Å². The van der Waals surface area contributed by atoms with Gasteiger partial charge >= 0.3 is 0 Å². The lowest BCUT2D eigenvalue weighted by molar-refractivity contribution is 0.0255. The summed E-state index contributed by atoms with van der Waals surface area (Å²) in [6.07, 6.45) is 7.70. The van der Waals surface area contributed by atoms with Crippen molar-refractivity contribution in [2.75, 3.05) is 18.3 Å². The van der Waals surface area contributed by atoms with Crippen LogP contribution in [-0.2, 0) is 0 Å². The van der Waals surface area contributed by atoms with Gasteiger partial charge in [-0.2, -0.15) is 0 Å². The SMILES string of the molecule is O=C1c2c(O)c(=O)ccn2N2CN1C1(/C=C/COc3c(F)cccc3[C@@H]2c2ccccc2)CCC1. The summed E-state index contributed by atoms with van der Waals surface area (Å²) in [5, 5.41) is 12.6. The molecule has 6 rings (SSSR count). The number of ether oxygens (including phenoxy) is 1. The molecule has 1 aromatic heterocycles. The number of hydrogen-bond acceptors (Lipinski definition) is 5. The third-order valence-corrected chi connectivity index (χ3v) is 7.28. The average Bonchev–Trinajstić information content (AvgIpc) is 2.86. The van der Waals surface area contributed by atoms with Gasteiger partial charge in [0.2, 0.25) is 5.43 Å². The van der Waals surface area contributed by atoms with E-state index < -0.39 is 34.5 Å². The van der Waals surface area contributed by atoms with Gasteiger partial charge in [0.15, 0.2) is 23.0 Å². The zero-order chi connectivity index (χ0) is 24.2. The second-order valence-electron chi connectivity index (χ2n) is 9.18. The number of para-hydroxylation sites is 1. The number of amides is 1. The van der Waals surface area contributed by atoms with E-state index in [4.69, 9.17) is 4.74 Å². The van der Waals surface area contributed by atoms with Crippen molar-refractivity contribution in [3.05, 3.63) is 106 Å².